The number of nitriles is 1. The van der Waals surface area contributed by atoms with E-state index in [1.54, 1.807) is 7.11 Å². The summed E-state index contributed by atoms with van der Waals surface area (Å²) < 4.78 is 31.3. The number of rotatable bonds is 8. The lowest BCUT2D eigenvalue weighted by molar-refractivity contribution is 0.0516. The molecule has 4 aromatic rings. The predicted octanol–water partition coefficient (Wildman–Crippen LogP) is 8.72. The van der Waals surface area contributed by atoms with E-state index in [1.165, 1.54) is 39.2 Å². The second-order valence-electron chi connectivity index (χ2n) is 16.6. The second-order valence-corrected chi connectivity index (χ2v) is 16.6. The summed E-state index contributed by atoms with van der Waals surface area (Å²) in [5.74, 6) is 1.71. The maximum atomic E-state index is 10.1. The van der Waals surface area contributed by atoms with Gasteiger partial charge in [0.05, 0.1) is 64.1 Å². The molecule has 4 heterocycles. The van der Waals surface area contributed by atoms with Crippen molar-refractivity contribution < 1.29 is 23.7 Å². The number of allylic oxidation sites excluding steroid dienone is 3. The lowest BCUT2D eigenvalue weighted by Gasteiger charge is -2.42. The molecule has 0 saturated carbocycles. The monoisotopic (exact) mass is 790 g/mol. The molecule has 0 radical (unpaired) electrons. The molecule has 0 N–H and O–H groups in total. The Kier molecular flexibility index (Phi) is 9.91. The molecular formula is C50H54N4O5. The molecule has 3 fully saturated rings. The van der Waals surface area contributed by atoms with Crippen molar-refractivity contribution in [3.63, 3.8) is 0 Å². The van der Waals surface area contributed by atoms with Gasteiger partial charge in [0.25, 0.3) is 0 Å². The molecule has 10 rings (SSSR count). The Morgan fingerprint density at radius 2 is 1.42 bits per heavy atom. The number of anilines is 2. The maximum absolute atomic E-state index is 10.1. The first-order chi connectivity index (χ1) is 29.0. The van der Waals surface area contributed by atoms with Gasteiger partial charge in [-0.15, -0.1) is 0 Å². The average Bonchev–Trinajstić information content (AvgIpc) is 3.62. The third-order valence-electron chi connectivity index (χ3n) is 14.0. The van der Waals surface area contributed by atoms with E-state index in [-0.39, 0.29) is 5.41 Å². The van der Waals surface area contributed by atoms with Crippen molar-refractivity contribution in [3.8, 4) is 28.7 Å². The summed E-state index contributed by atoms with van der Waals surface area (Å²) >= 11 is 0. The van der Waals surface area contributed by atoms with Gasteiger partial charge in [-0.2, -0.15) is 5.26 Å². The van der Waals surface area contributed by atoms with Gasteiger partial charge in [-0.05, 0) is 107 Å². The van der Waals surface area contributed by atoms with Crippen LogP contribution in [-0.2, 0) is 25.2 Å². The van der Waals surface area contributed by atoms with E-state index in [0.717, 1.165) is 130 Å². The van der Waals surface area contributed by atoms with E-state index in [0.29, 0.717) is 18.8 Å². The molecule has 4 aliphatic heterocycles. The topological polar surface area (TPSA) is 79.7 Å². The summed E-state index contributed by atoms with van der Waals surface area (Å²) in [7, 11) is 1.77. The Morgan fingerprint density at radius 3 is 2.05 bits per heavy atom. The number of ether oxygens (including phenoxy) is 5. The van der Waals surface area contributed by atoms with E-state index in [4.69, 9.17) is 23.7 Å². The average molecular weight is 791 g/mol. The minimum absolute atomic E-state index is 0.303. The summed E-state index contributed by atoms with van der Waals surface area (Å²) in [5.41, 5.74) is 11.6. The van der Waals surface area contributed by atoms with Crippen LogP contribution in [0.1, 0.15) is 67.3 Å². The highest BCUT2D eigenvalue weighted by Gasteiger charge is 2.48. The van der Waals surface area contributed by atoms with Gasteiger partial charge < -0.3 is 38.4 Å². The largest absolute Gasteiger partial charge is 0.495 e. The van der Waals surface area contributed by atoms with Crippen LogP contribution in [0.2, 0.25) is 0 Å². The highest BCUT2D eigenvalue weighted by atomic mass is 16.5. The van der Waals surface area contributed by atoms with Crippen molar-refractivity contribution >= 4 is 28.2 Å². The highest BCUT2D eigenvalue weighted by molar-refractivity contribution is 6.10. The molecule has 0 bridgehead atoms. The smallest absolute Gasteiger partial charge is 0.174 e. The van der Waals surface area contributed by atoms with Crippen molar-refractivity contribution in [2.75, 3.05) is 95.8 Å². The Balaban J connectivity index is 1.21. The summed E-state index contributed by atoms with van der Waals surface area (Å²) in [5, 5.41) is 12.3. The minimum Gasteiger partial charge on any atom is -0.495 e. The maximum Gasteiger partial charge on any atom is 0.174 e. The number of nitrogens with zero attached hydrogens (tertiary/aromatic N) is 4. The molecule has 1 atom stereocenters. The fraction of sp³-hybridized carbons (Fsp3) is 0.420. The van der Waals surface area contributed by atoms with Crippen LogP contribution in [0.15, 0.2) is 84.1 Å². The molecular weight excluding hydrogens is 737 g/mol. The number of methoxy groups -OCH3 is 1. The van der Waals surface area contributed by atoms with Crippen LogP contribution in [0.4, 0.5) is 11.4 Å². The van der Waals surface area contributed by atoms with Gasteiger partial charge >= 0.3 is 0 Å². The number of benzene rings is 4. The molecule has 304 valence electrons. The van der Waals surface area contributed by atoms with Crippen LogP contribution in [0.25, 0.3) is 28.0 Å². The molecule has 4 aromatic carbocycles. The Bertz CT molecular complexity index is 2410. The molecule has 3 saturated heterocycles. The van der Waals surface area contributed by atoms with E-state index < -0.39 is 5.60 Å². The molecule has 2 aliphatic carbocycles. The Labute approximate surface area is 348 Å². The molecule has 0 amide bonds. The minimum atomic E-state index is -0.846. The van der Waals surface area contributed by atoms with Gasteiger partial charge in [-0.1, -0.05) is 44.2 Å². The highest BCUT2D eigenvalue weighted by Crippen LogP contribution is 2.61. The number of fused-ring (bicyclic) bond motifs is 8. The van der Waals surface area contributed by atoms with Gasteiger partial charge in [0.2, 0.25) is 0 Å². The fourth-order valence-electron chi connectivity index (χ4n) is 10.8. The zero-order valence-electron chi connectivity index (χ0n) is 34.6. The molecule has 1 unspecified atom stereocenters. The summed E-state index contributed by atoms with van der Waals surface area (Å²) in [6.45, 7) is 14.2. The first kappa shape index (κ1) is 38.0. The number of hydrogen-bond acceptors (Lipinski definition) is 9. The lowest BCUT2D eigenvalue weighted by Crippen LogP contribution is -2.39. The zero-order chi connectivity index (χ0) is 40.1. The number of hydrogen-bond donors (Lipinski definition) is 0. The molecule has 9 nitrogen and oxygen atoms in total. The van der Waals surface area contributed by atoms with Gasteiger partial charge in [-0.3, -0.25) is 0 Å². The quantitative estimate of drug-likeness (QED) is 0.174. The lowest BCUT2D eigenvalue weighted by atomic mass is 9.70. The normalized spacial score (nSPS) is 22.2. The fourth-order valence-corrected chi connectivity index (χ4v) is 10.8. The van der Waals surface area contributed by atoms with E-state index >= 15 is 0 Å². The van der Waals surface area contributed by atoms with E-state index in [2.05, 4.69) is 107 Å². The molecule has 0 spiro atoms. The van der Waals surface area contributed by atoms with Crippen molar-refractivity contribution in [2.45, 2.75) is 50.5 Å². The summed E-state index contributed by atoms with van der Waals surface area (Å²) in [6.07, 6.45) is 13.0. The van der Waals surface area contributed by atoms with Crippen LogP contribution in [0.5, 0.6) is 11.5 Å². The van der Waals surface area contributed by atoms with Crippen molar-refractivity contribution in [1.82, 2.24) is 4.90 Å². The van der Waals surface area contributed by atoms with Gasteiger partial charge in [0.15, 0.2) is 5.60 Å². The third kappa shape index (κ3) is 6.13. The van der Waals surface area contributed by atoms with Crippen LogP contribution >= 0.6 is 0 Å². The van der Waals surface area contributed by atoms with Gasteiger partial charge in [0.1, 0.15) is 11.5 Å². The van der Waals surface area contributed by atoms with Crippen LogP contribution in [0.3, 0.4) is 0 Å². The summed E-state index contributed by atoms with van der Waals surface area (Å²) in [6, 6.07) is 22.4. The van der Waals surface area contributed by atoms with Crippen molar-refractivity contribution in [1.29, 1.82) is 5.26 Å². The van der Waals surface area contributed by atoms with Crippen LogP contribution in [-0.4, -0.2) is 90.9 Å². The van der Waals surface area contributed by atoms with Gasteiger partial charge in [-0.25, -0.2) is 0 Å². The van der Waals surface area contributed by atoms with Crippen molar-refractivity contribution in [3.05, 3.63) is 112 Å². The molecule has 6 aliphatic rings. The standard InChI is InChI=1S/C50H54N4O5/c1-4-49(5-2)43-30-34(33-51)6-15-39(43)46-41-31-44(54-22-28-58-29-23-54)45(55-3)32-42(41)48-40(47(46)49)16-17-50(59-48,35-7-11-37(12-8-35)52-18-24-56-25-19-52)36-9-13-38(14-10-36)53-20-26-57-27-21-53/h6-9,11-13,15-17,30-32H,4-5,10,14,18-29H2,1-3H3. The first-order valence-corrected chi connectivity index (χ1v) is 21.7. The Morgan fingerprint density at radius 1 is 0.746 bits per heavy atom. The second kappa shape index (κ2) is 15.4. The van der Waals surface area contributed by atoms with Gasteiger partial charge in [0, 0.05) is 72.6 Å². The van der Waals surface area contributed by atoms with E-state index in [1.807, 2.05) is 6.07 Å². The molecule has 0 aromatic heterocycles. The Hall–Kier alpha value is -5.27. The van der Waals surface area contributed by atoms with Crippen LogP contribution in [0, 0.1) is 11.3 Å². The summed E-state index contributed by atoms with van der Waals surface area (Å²) in [4.78, 5) is 7.28. The van der Waals surface area contributed by atoms with Crippen molar-refractivity contribution in [2.24, 2.45) is 0 Å². The molecule has 59 heavy (non-hydrogen) atoms. The zero-order valence-corrected chi connectivity index (χ0v) is 34.6. The van der Waals surface area contributed by atoms with E-state index in [9.17, 15) is 5.26 Å². The predicted molar refractivity (Wildman–Crippen MR) is 234 cm³/mol. The molecule has 9 heteroatoms. The van der Waals surface area contributed by atoms with Crippen LogP contribution < -0.4 is 19.3 Å². The number of morpholine rings is 3. The first-order valence-electron chi connectivity index (χ1n) is 21.7. The third-order valence-corrected chi connectivity index (χ3v) is 14.0. The SMILES string of the molecule is CCC1(CC)c2cc(C#N)ccc2-c2c1c1c(c3cc(OC)c(N4CCOCC4)cc23)OC(C2=CC=C(N3CCOCC3)CC2)(c2ccc(N3CCOCC3)cc2)C=C1.